The van der Waals surface area contributed by atoms with E-state index in [4.69, 9.17) is 24.4 Å². The van der Waals surface area contributed by atoms with E-state index in [0.29, 0.717) is 6.04 Å². The van der Waals surface area contributed by atoms with Crippen LogP contribution in [0.2, 0.25) is 0 Å². The van der Waals surface area contributed by atoms with Gasteiger partial charge >= 0.3 is 0 Å². The van der Waals surface area contributed by atoms with Crippen LogP contribution in [0.3, 0.4) is 0 Å². The van der Waals surface area contributed by atoms with Gasteiger partial charge in [0, 0.05) is 6.04 Å². The van der Waals surface area contributed by atoms with E-state index in [0.717, 1.165) is 22.6 Å². The SMILES string of the molecule is CC(C)n1c(=S)n2n(c1=S)Cc1ccccc1C2. The van der Waals surface area contributed by atoms with E-state index in [9.17, 15) is 0 Å². The summed E-state index contributed by atoms with van der Waals surface area (Å²) in [6.07, 6.45) is 0. The summed E-state index contributed by atoms with van der Waals surface area (Å²) < 4.78 is 7.92. The normalized spacial score (nSPS) is 13.5. The first-order chi connectivity index (χ1) is 8.59. The summed E-state index contributed by atoms with van der Waals surface area (Å²) >= 11 is 11.1. The Bertz CT molecular complexity index is 662. The average molecular weight is 277 g/mol. The monoisotopic (exact) mass is 277 g/mol. The minimum atomic E-state index is 0.304. The summed E-state index contributed by atoms with van der Waals surface area (Å²) in [6, 6.07) is 8.78. The Hall–Kier alpha value is -1.20. The van der Waals surface area contributed by atoms with Crippen molar-refractivity contribution in [2.24, 2.45) is 0 Å². The Morgan fingerprint density at radius 2 is 1.39 bits per heavy atom. The highest BCUT2D eigenvalue weighted by Crippen LogP contribution is 2.21. The molecule has 0 saturated carbocycles. The smallest absolute Gasteiger partial charge is 0.197 e. The molecule has 94 valence electrons. The van der Waals surface area contributed by atoms with Gasteiger partial charge < -0.3 is 0 Å². The molecule has 0 atom stereocenters. The number of rotatable bonds is 1. The van der Waals surface area contributed by atoms with Crippen molar-refractivity contribution in [3.8, 4) is 0 Å². The molecule has 0 saturated heterocycles. The molecule has 0 spiro atoms. The maximum Gasteiger partial charge on any atom is 0.197 e. The predicted molar refractivity (Wildman–Crippen MR) is 77.1 cm³/mol. The van der Waals surface area contributed by atoms with Crippen molar-refractivity contribution in [3.63, 3.8) is 0 Å². The highest BCUT2D eigenvalue weighted by Gasteiger charge is 2.18. The Labute approximate surface area is 116 Å². The second kappa shape index (κ2) is 4.17. The second-order valence-electron chi connectivity index (χ2n) is 4.91. The van der Waals surface area contributed by atoms with Gasteiger partial charge in [0.15, 0.2) is 9.54 Å². The summed E-state index contributed by atoms with van der Waals surface area (Å²) in [5.74, 6) is 0. The summed E-state index contributed by atoms with van der Waals surface area (Å²) in [7, 11) is 0. The number of benzene rings is 1. The zero-order valence-electron chi connectivity index (χ0n) is 10.5. The maximum atomic E-state index is 5.54. The minimum absolute atomic E-state index is 0.304. The molecule has 18 heavy (non-hydrogen) atoms. The first-order valence-corrected chi connectivity index (χ1v) is 6.90. The van der Waals surface area contributed by atoms with Crippen LogP contribution in [0.15, 0.2) is 24.3 Å². The van der Waals surface area contributed by atoms with Crippen molar-refractivity contribution in [1.82, 2.24) is 13.9 Å². The van der Waals surface area contributed by atoms with E-state index < -0.39 is 0 Å². The third-order valence-electron chi connectivity index (χ3n) is 3.42. The van der Waals surface area contributed by atoms with Gasteiger partial charge in [0.25, 0.3) is 0 Å². The lowest BCUT2D eigenvalue weighted by atomic mass is 10.1. The molecule has 0 aliphatic carbocycles. The molecule has 0 bridgehead atoms. The fraction of sp³-hybridized carbons (Fsp3) is 0.385. The van der Waals surface area contributed by atoms with Gasteiger partial charge in [-0.05, 0) is 49.4 Å². The van der Waals surface area contributed by atoms with Crippen molar-refractivity contribution in [3.05, 3.63) is 44.9 Å². The molecule has 2 aromatic rings. The molecule has 3 rings (SSSR count). The Morgan fingerprint density at radius 3 is 1.78 bits per heavy atom. The van der Waals surface area contributed by atoms with Gasteiger partial charge in [0.2, 0.25) is 0 Å². The summed E-state index contributed by atoms with van der Waals surface area (Å²) in [5, 5.41) is 0. The van der Waals surface area contributed by atoms with Crippen LogP contribution in [0.4, 0.5) is 0 Å². The van der Waals surface area contributed by atoms with Crippen LogP contribution in [-0.4, -0.2) is 13.9 Å². The number of hydrogen-bond acceptors (Lipinski definition) is 2. The van der Waals surface area contributed by atoms with Crippen molar-refractivity contribution in [1.29, 1.82) is 0 Å². The van der Waals surface area contributed by atoms with Crippen molar-refractivity contribution < 1.29 is 0 Å². The molecular formula is C13H15N3S2. The van der Waals surface area contributed by atoms with Crippen molar-refractivity contribution >= 4 is 24.4 Å². The molecular weight excluding hydrogens is 262 g/mol. The van der Waals surface area contributed by atoms with E-state index >= 15 is 0 Å². The number of hydrogen-bond donors (Lipinski definition) is 0. The van der Waals surface area contributed by atoms with E-state index in [1.165, 1.54) is 11.1 Å². The van der Waals surface area contributed by atoms with Gasteiger partial charge in [0.05, 0.1) is 13.1 Å². The van der Waals surface area contributed by atoms with Crippen molar-refractivity contribution in [2.45, 2.75) is 33.0 Å². The van der Waals surface area contributed by atoms with Crippen molar-refractivity contribution in [2.75, 3.05) is 0 Å². The highest BCUT2D eigenvalue weighted by atomic mass is 32.1. The molecule has 0 N–H and O–H groups in total. The summed E-state index contributed by atoms with van der Waals surface area (Å²) in [6.45, 7) is 5.87. The van der Waals surface area contributed by atoms with Gasteiger partial charge in [0.1, 0.15) is 0 Å². The predicted octanol–water partition coefficient (Wildman–Crippen LogP) is 3.54. The standard InChI is InChI=1S/C13H15N3S2/c1-9(2)16-12(17)14-7-10-5-3-4-6-11(10)8-15(14)13(16)18/h3-6,9H,7-8H2,1-2H3. The summed E-state index contributed by atoms with van der Waals surface area (Å²) in [5.41, 5.74) is 2.68. The van der Waals surface area contributed by atoms with E-state index in [-0.39, 0.29) is 0 Å². The van der Waals surface area contributed by atoms with Crippen LogP contribution in [0.25, 0.3) is 0 Å². The van der Waals surface area contributed by atoms with Crippen LogP contribution in [0, 0.1) is 9.54 Å². The first kappa shape index (κ1) is 11.9. The van der Waals surface area contributed by atoms with Crippen LogP contribution in [-0.2, 0) is 13.1 Å². The zero-order valence-corrected chi connectivity index (χ0v) is 12.1. The lowest BCUT2D eigenvalue weighted by Gasteiger charge is -2.20. The van der Waals surface area contributed by atoms with Gasteiger partial charge in [-0.1, -0.05) is 24.3 Å². The fourth-order valence-electron chi connectivity index (χ4n) is 2.47. The Kier molecular flexibility index (Phi) is 2.75. The number of aromatic nitrogens is 3. The fourth-order valence-corrected chi connectivity index (χ4v) is 3.45. The number of fused-ring (bicyclic) bond motifs is 2. The first-order valence-electron chi connectivity index (χ1n) is 6.08. The highest BCUT2D eigenvalue weighted by molar-refractivity contribution is 7.72. The van der Waals surface area contributed by atoms with Gasteiger partial charge in [-0.3, -0.25) is 13.9 Å². The van der Waals surface area contributed by atoms with Crippen LogP contribution < -0.4 is 0 Å². The van der Waals surface area contributed by atoms with Gasteiger partial charge in [-0.2, -0.15) is 0 Å². The molecule has 1 aromatic heterocycles. The van der Waals surface area contributed by atoms with Crippen LogP contribution in [0.5, 0.6) is 0 Å². The minimum Gasteiger partial charge on any atom is -0.290 e. The summed E-state index contributed by atoms with van der Waals surface area (Å²) in [4.78, 5) is 0. The molecule has 0 unspecified atom stereocenters. The van der Waals surface area contributed by atoms with Gasteiger partial charge in [-0.25, -0.2) is 0 Å². The lowest BCUT2D eigenvalue weighted by molar-refractivity contribution is 0.475. The molecule has 0 fully saturated rings. The lowest BCUT2D eigenvalue weighted by Crippen LogP contribution is -2.21. The Balaban J connectivity index is 2.23. The maximum absolute atomic E-state index is 5.54. The quantitative estimate of drug-likeness (QED) is 0.632. The van der Waals surface area contributed by atoms with E-state index in [1.807, 2.05) is 0 Å². The topological polar surface area (TPSA) is 14.8 Å². The molecule has 0 radical (unpaired) electrons. The third-order valence-corrected chi connectivity index (χ3v) is 4.24. The van der Waals surface area contributed by atoms with E-state index in [2.05, 4.69) is 52.0 Å². The zero-order chi connectivity index (χ0) is 12.9. The molecule has 0 amide bonds. The third kappa shape index (κ3) is 1.61. The molecule has 1 aromatic carbocycles. The molecule has 1 aliphatic heterocycles. The van der Waals surface area contributed by atoms with Gasteiger partial charge in [-0.15, -0.1) is 0 Å². The molecule has 5 heteroatoms. The molecule has 2 heterocycles. The van der Waals surface area contributed by atoms with Crippen LogP contribution in [0.1, 0.15) is 31.0 Å². The molecule has 3 nitrogen and oxygen atoms in total. The van der Waals surface area contributed by atoms with Crippen LogP contribution >= 0.6 is 24.4 Å². The van der Waals surface area contributed by atoms with E-state index in [1.54, 1.807) is 0 Å². The largest absolute Gasteiger partial charge is 0.290 e. The average Bonchev–Trinajstić information content (AvgIpc) is 2.59. The Morgan fingerprint density at radius 1 is 0.944 bits per heavy atom. The second-order valence-corrected chi connectivity index (χ2v) is 5.64. The number of nitrogens with zero attached hydrogens (tertiary/aromatic N) is 3. The molecule has 1 aliphatic rings.